The molecule has 0 fully saturated rings. The number of hydrogen-bond donors (Lipinski definition) is 2. The van der Waals surface area contributed by atoms with Gasteiger partial charge in [-0.25, -0.2) is 0 Å². The summed E-state index contributed by atoms with van der Waals surface area (Å²) < 4.78 is 15.9. The van der Waals surface area contributed by atoms with Gasteiger partial charge < -0.3 is 24.8 Å². The zero-order chi connectivity index (χ0) is 23.0. The first-order valence-electron chi connectivity index (χ1n) is 10.4. The summed E-state index contributed by atoms with van der Waals surface area (Å²) in [6.07, 6.45) is 0. The predicted octanol–water partition coefficient (Wildman–Crippen LogP) is 3.73. The van der Waals surface area contributed by atoms with Crippen molar-refractivity contribution in [3.63, 3.8) is 0 Å². The molecule has 2 aromatic carbocycles. The molecule has 7 heteroatoms. The Hall–Kier alpha value is -3.22. The smallest absolute Gasteiger partial charge is 0.252 e. The van der Waals surface area contributed by atoms with E-state index in [4.69, 9.17) is 14.2 Å². The topological polar surface area (TPSA) is 85.9 Å². The maximum atomic E-state index is 13.0. The van der Waals surface area contributed by atoms with Crippen LogP contribution in [0.2, 0.25) is 0 Å². The Balaban J connectivity index is 2.10. The molecule has 0 aromatic heterocycles. The number of rotatable bonds is 10. The normalized spacial score (nSPS) is 12.6. The standard InChI is InChI=1S/C24H32N2O5/c1-7-31-19-10-8-17(9-11-19)16(4)25-24(28)22(15(2)3)26-23(27)18-12-20(29-5)14-21(13-18)30-6/h8-16,22H,7H2,1-6H3,(H,25,28)(H,26,27). The van der Waals surface area contributed by atoms with Crippen LogP contribution < -0.4 is 24.8 Å². The lowest BCUT2D eigenvalue weighted by Crippen LogP contribution is -2.50. The molecule has 2 aromatic rings. The van der Waals surface area contributed by atoms with Crippen LogP contribution in [0.15, 0.2) is 42.5 Å². The molecule has 0 saturated heterocycles. The van der Waals surface area contributed by atoms with Gasteiger partial charge in [-0.2, -0.15) is 0 Å². The van der Waals surface area contributed by atoms with Crippen molar-refractivity contribution in [1.82, 2.24) is 10.6 Å². The molecule has 2 N–H and O–H groups in total. The van der Waals surface area contributed by atoms with E-state index in [2.05, 4.69) is 10.6 Å². The lowest BCUT2D eigenvalue weighted by Gasteiger charge is -2.24. The fourth-order valence-corrected chi connectivity index (χ4v) is 3.10. The number of benzene rings is 2. The number of nitrogens with one attached hydrogen (secondary N) is 2. The summed E-state index contributed by atoms with van der Waals surface area (Å²) >= 11 is 0. The predicted molar refractivity (Wildman–Crippen MR) is 120 cm³/mol. The Morgan fingerprint density at radius 1 is 0.871 bits per heavy atom. The molecule has 31 heavy (non-hydrogen) atoms. The summed E-state index contributed by atoms with van der Waals surface area (Å²) in [5.41, 5.74) is 1.30. The van der Waals surface area contributed by atoms with Crippen molar-refractivity contribution in [3.8, 4) is 17.2 Å². The Bertz CT molecular complexity index is 858. The maximum Gasteiger partial charge on any atom is 0.252 e. The first-order chi connectivity index (χ1) is 14.8. The van der Waals surface area contributed by atoms with Crippen LogP contribution in [0.3, 0.4) is 0 Å². The Morgan fingerprint density at radius 2 is 1.45 bits per heavy atom. The van der Waals surface area contributed by atoms with E-state index in [1.165, 1.54) is 14.2 Å². The van der Waals surface area contributed by atoms with Gasteiger partial charge in [0.1, 0.15) is 23.3 Å². The summed E-state index contributed by atoms with van der Waals surface area (Å²) in [6.45, 7) is 8.20. The Kier molecular flexibility index (Phi) is 8.73. The minimum Gasteiger partial charge on any atom is -0.497 e. The quantitative estimate of drug-likeness (QED) is 0.602. The first kappa shape index (κ1) is 24.1. The number of hydrogen-bond acceptors (Lipinski definition) is 5. The number of carbonyl (C=O) groups excluding carboxylic acids is 2. The van der Waals surface area contributed by atoms with Crippen molar-refractivity contribution in [2.45, 2.75) is 39.8 Å². The summed E-state index contributed by atoms with van der Waals surface area (Å²) in [6, 6.07) is 11.6. The molecule has 0 bridgehead atoms. The minimum absolute atomic E-state index is 0.107. The molecule has 0 aliphatic carbocycles. The zero-order valence-corrected chi connectivity index (χ0v) is 19.0. The van der Waals surface area contributed by atoms with Crippen LogP contribution in [-0.4, -0.2) is 38.7 Å². The van der Waals surface area contributed by atoms with Crippen molar-refractivity contribution < 1.29 is 23.8 Å². The van der Waals surface area contributed by atoms with E-state index in [9.17, 15) is 9.59 Å². The zero-order valence-electron chi connectivity index (χ0n) is 19.0. The highest BCUT2D eigenvalue weighted by Gasteiger charge is 2.26. The molecule has 0 heterocycles. The van der Waals surface area contributed by atoms with Gasteiger partial charge in [0.05, 0.1) is 26.9 Å². The average Bonchev–Trinajstić information content (AvgIpc) is 2.77. The molecule has 2 amide bonds. The lowest BCUT2D eigenvalue weighted by molar-refractivity contribution is -0.124. The van der Waals surface area contributed by atoms with Crippen LogP contribution in [0.4, 0.5) is 0 Å². The van der Waals surface area contributed by atoms with E-state index in [0.717, 1.165) is 11.3 Å². The van der Waals surface area contributed by atoms with Crippen LogP contribution in [0.1, 0.15) is 49.7 Å². The van der Waals surface area contributed by atoms with Crippen molar-refractivity contribution in [2.75, 3.05) is 20.8 Å². The third kappa shape index (κ3) is 6.64. The molecule has 0 radical (unpaired) electrons. The molecule has 2 atom stereocenters. The summed E-state index contributed by atoms with van der Waals surface area (Å²) in [4.78, 5) is 25.8. The van der Waals surface area contributed by atoms with E-state index >= 15 is 0 Å². The van der Waals surface area contributed by atoms with E-state index in [1.54, 1.807) is 18.2 Å². The number of carbonyl (C=O) groups is 2. The van der Waals surface area contributed by atoms with Gasteiger partial charge in [-0.1, -0.05) is 26.0 Å². The summed E-state index contributed by atoms with van der Waals surface area (Å²) in [5.74, 6) is 1.05. The van der Waals surface area contributed by atoms with Crippen molar-refractivity contribution in [3.05, 3.63) is 53.6 Å². The van der Waals surface area contributed by atoms with Crippen LogP contribution >= 0.6 is 0 Å². The van der Waals surface area contributed by atoms with Gasteiger partial charge in [-0.3, -0.25) is 9.59 Å². The molecule has 0 aliphatic heterocycles. The van der Waals surface area contributed by atoms with E-state index < -0.39 is 6.04 Å². The average molecular weight is 429 g/mol. The second-order valence-electron chi connectivity index (χ2n) is 7.53. The molecule has 168 valence electrons. The largest absolute Gasteiger partial charge is 0.497 e. The van der Waals surface area contributed by atoms with Gasteiger partial charge >= 0.3 is 0 Å². The lowest BCUT2D eigenvalue weighted by atomic mass is 10.0. The molecular weight excluding hydrogens is 396 g/mol. The van der Waals surface area contributed by atoms with Crippen molar-refractivity contribution >= 4 is 11.8 Å². The van der Waals surface area contributed by atoms with Crippen LogP contribution in [-0.2, 0) is 4.79 Å². The highest BCUT2D eigenvalue weighted by Crippen LogP contribution is 2.23. The van der Waals surface area contributed by atoms with Crippen molar-refractivity contribution in [1.29, 1.82) is 0 Å². The fourth-order valence-electron chi connectivity index (χ4n) is 3.10. The van der Waals surface area contributed by atoms with Crippen LogP contribution in [0, 0.1) is 5.92 Å². The molecule has 2 unspecified atom stereocenters. The molecule has 0 aliphatic rings. The first-order valence-corrected chi connectivity index (χ1v) is 10.4. The van der Waals surface area contributed by atoms with E-state index in [-0.39, 0.29) is 23.8 Å². The van der Waals surface area contributed by atoms with Gasteiger partial charge in [0.15, 0.2) is 0 Å². The van der Waals surface area contributed by atoms with E-state index in [0.29, 0.717) is 23.7 Å². The number of methoxy groups -OCH3 is 2. The highest BCUT2D eigenvalue weighted by atomic mass is 16.5. The molecular formula is C24H32N2O5. The maximum absolute atomic E-state index is 13.0. The van der Waals surface area contributed by atoms with Gasteiger partial charge in [0, 0.05) is 11.6 Å². The Morgan fingerprint density at radius 3 is 1.94 bits per heavy atom. The SMILES string of the molecule is CCOc1ccc(C(C)NC(=O)C(NC(=O)c2cc(OC)cc(OC)c2)C(C)C)cc1. The van der Waals surface area contributed by atoms with Crippen LogP contribution in [0.25, 0.3) is 0 Å². The number of amides is 2. The molecule has 0 saturated carbocycles. The van der Waals surface area contributed by atoms with Gasteiger partial charge in [-0.15, -0.1) is 0 Å². The van der Waals surface area contributed by atoms with Gasteiger partial charge in [-0.05, 0) is 49.6 Å². The minimum atomic E-state index is -0.699. The van der Waals surface area contributed by atoms with Gasteiger partial charge in [0.25, 0.3) is 5.91 Å². The molecule has 2 rings (SSSR count). The summed E-state index contributed by atoms with van der Waals surface area (Å²) in [5, 5.41) is 5.82. The second-order valence-corrected chi connectivity index (χ2v) is 7.53. The summed E-state index contributed by atoms with van der Waals surface area (Å²) in [7, 11) is 3.03. The van der Waals surface area contributed by atoms with E-state index in [1.807, 2.05) is 52.0 Å². The third-order valence-corrected chi connectivity index (χ3v) is 4.90. The molecule has 0 spiro atoms. The van der Waals surface area contributed by atoms with Crippen LogP contribution in [0.5, 0.6) is 17.2 Å². The Labute approximate surface area is 184 Å². The molecule has 7 nitrogen and oxygen atoms in total. The third-order valence-electron chi connectivity index (χ3n) is 4.90. The second kappa shape index (κ2) is 11.2. The highest BCUT2D eigenvalue weighted by molar-refractivity contribution is 5.98. The fraction of sp³-hybridized carbons (Fsp3) is 0.417. The monoisotopic (exact) mass is 428 g/mol. The van der Waals surface area contributed by atoms with Crippen molar-refractivity contribution in [2.24, 2.45) is 5.92 Å². The van der Waals surface area contributed by atoms with Gasteiger partial charge in [0.2, 0.25) is 5.91 Å². The number of ether oxygens (including phenoxy) is 3.